The summed E-state index contributed by atoms with van der Waals surface area (Å²) in [6.45, 7) is 13.2. The highest BCUT2D eigenvalue weighted by atomic mass is 16.4. The fourth-order valence-electron chi connectivity index (χ4n) is 4.16. The number of benzene rings is 2. The monoisotopic (exact) mass is 391 g/mol. The highest BCUT2D eigenvalue weighted by Gasteiger charge is 2.33. The first-order valence-corrected chi connectivity index (χ1v) is 9.86. The summed E-state index contributed by atoms with van der Waals surface area (Å²) in [5.74, 6) is -0.938. The number of carboxylic acids is 1. The van der Waals surface area contributed by atoms with E-state index in [4.69, 9.17) is 5.11 Å². The zero-order valence-electron chi connectivity index (χ0n) is 17.9. The smallest absolute Gasteiger partial charge is 0.335 e. The molecule has 1 heterocycles. The maximum absolute atomic E-state index is 10.9. The normalized spacial score (nSPS) is 15.4. The standard InChI is InChI=1S/C24H29N3O2/c1-15(2)27-22-11-16(3)19(12-21(22)17(4)13-24(27,5)6)14-25-26-20-9-7-18(8-10-20)23(28)29/h7-15,26H,1-6H3,(H,28,29)/b25-14+. The summed E-state index contributed by atoms with van der Waals surface area (Å²) in [5, 5.41) is 13.3. The molecular formula is C24H29N3O2. The topological polar surface area (TPSA) is 64.9 Å². The van der Waals surface area contributed by atoms with Crippen LogP contribution >= 0.6 is 0 Å². The van der Waals surface area contributed by atoms with Gasteiger partial charge in [0.15, 0.2) is 0 Å². The summed E-state index contributed by atoms with van der Waals surface area (Å²) in [4.78, 5) is 13.4. The van der Waals surface area contributed by atoms with Crippen molar-refractivity contribution in [1.82, 2.24) is 0 Å². The average molecular weight is 392 g/mol. The third-order valence-electron chi connectivity index (χ3n) is 5.30. The first-order chi connectivity index (χ1) is 13.6. The van der Waals surface area contributed by atoms with Gasteiger partial charge in [0, 0.05) is 17.3 Å². The molecule has 0 atom stereocenters. The fraction of sp³-hybridized carbons (Fsp3) is 0.333. The third-order valence-corrected chi connectivity index (χ3v) is 5.30. The molecule has 5 heteroatoms. The van der Waals surface area contributed by atoms with Crippen LogP contribution in [-0.2, 0) is 0 Å². The molecular weight excluding hydrogens is 362 g/mol. The number of hydrazone groups is 1. The van der Waals surface area contributed by atoms with Crippen LogP contribution in [0.2, 0.25) is 0 Å². The van der Waals surface area contributed by atoms with Crippen LogP contribution in [0.3, 0.4) is 0 Å². The first-order valence-electron chi connectivity index (χ1n) is 9.86. The number of rotatable bonds is 5. The van der Waals surface area contributed by atoms with Gasteiger partial charge in [-0.15, -0.1) is 0 Å². The maximum atomic E-state index is 10.9. The molecule has 0 unspecified atom stereocenters. The van der Waals surface area contributed by atoms with Crippen molar-refractivity contribution in [2.75, 3.05) is 10.3 Å². The van der Waals surface area contributed by atoms with Gasteiger partial charge in [-0.1, -0.05) is 6.08 Å². The molecule has 0 bridgehead atoms. The number of aryl methyl sites for hydroxylation is 1. The third kappa shape index (κ3) is 4.19. The fourth-order valence-corrected chi connectivity index (χ4v) is 4.16. The van der Waals surface area contributed by atoms with Gasteiger partial charge in [-0.25, -0.2) is 4.79 Å². The summed E-state index contributed by atoms with van der Waals surface area (Å²) < 4.78 is 0. The van der Waals surface area contributed by atoms with Gasteiger partial charge in [-0.05, 0) is 94.6 Å². The molecule has 1 aliphatic rings. The second-order valence-electron chi connectivity index (χ2n) is 8.42. The molecule has 0 fully saturated rings. The molecule has 2 aromatic rings. The van der Waals surface area contributed by atoms with Crippen molar-refractivity contribution < 1.29 is 9.90 Å². The molecule has 0 spiro atoms. The van der Waals surface area contributed by atoms with E-state index < -0.39 is 5.97 Å². The lowest BCUT2D eigenvalue weighted by Gasteiger charge is -2.46. The van der Waals surface area contributed by atoms with Crippen LogP contribution < -0.4 is 10.3 Å². The highest BCUT2D eigenvalue weighted by Crippen LogP contribution is 2.41. The van der Waals surface area contributed by atoms with Crippen molar-refractivity contribution in [2.24, 2.45) is 5.10 Å². The molecule has 0 aliphatic carbocycles. The van der Waals surface area contributed by atoms with Crippen molar-refractivity contribution in [1.29, 1.82) is 0 Å². The molecule has 0 amide bonds. The Morgan fingerprint density at radius 2 is 1.83 bits per heavy atom. The molecule has 0 aromatic heterocycles. The van der Waals surface area contributed by atoms with Crippen LogP contribution in [0.15, 0.2) is 47.6 Å². The Kier molecular flexibility index (Phi) is 5.51. The Labute approximate surface area is 172 Å². The quantitative estimate of drug-likeness (QED) is 0.518. The molecule has 3 rings (SSSR count). The van der Waals surface area contributed by atoms with Crippen LogP contribution in [0.4, 0.5) is 11.4 Å². The molecule has 0 saturated carbocycles. The van der Waals surface area contributed by atoms with E-state index in [-0.39, 0.29) is 11.1 Å². The Morgan fingerprint density at radius 3 is 2.41 bits per heavy atom. The second-order valence-corrected chi connectivity index (χ2v) is 8.42. The Bertz CT molecular complexity index is 986. The number of anilines is 2. The van der Waals surface area contributed by atoms with Gasteiger partial charge in [0.1, 0.15) is 0 Å². The second kappa shape index (κ2) is 7.74. The Morgan fingerprint density at radius 1 is 1.17 bits per heavy atom. The summed E-state index contributed by atoms with van der Waals surface area (Å²) >= 11 is 0. The van der Waals surface area contributed by atoms with Gasteiger partial charge in [0.2, 0.25) is 0 Å². The van der Waals surface area contributed by atoms with E-state index in [9.17, 15) is 4.79 Å². The Hall–Kier alpha value is -3.08. The van der Waals surface area contributed by atoms with E-state index >= 15 is 0 Å². The van der Waals surface area contributed by atoms with E-state index in [2.05, 4.69) is 75.2 Å². The van der Waals surface area contributed by atoms with Gasteiger partial charge in [0.25, 0.3) is 0 Å². The zero-order valence-corrected chi connectivity index (χ0v) is 17.9. The predicted octanol–water partition coefficient (Wildman–Crippen LogP) is 5.55. The number of nitrogens with zero attached hydrogens (tertiary/aromatic N) is 2. The minimum Gasteiger partial charge on any atom is -0.478 e. The van der Waals surface area contributed by atoms with Crippen LogP contribution in [0.25, 0.3) is 5.57 Å². The lowest BCUT2D eigenvalue weighted by molar-refractivity contribution is 0.0697. The van der Waals surface area contributed by atoms with Gasteiger partial charge in [-0.2, -0.15) is 5.10 Å². The molecule has 1 aliphatic heterocycles. The number of nitrogens with one attached hydrogen (secondary N) is 1. The van der Waals surface area contributed by atoms with E-state index in [1.165, 1.54) is 16.8 Å². The lowest BCUT2D eigenvalue weighted by atomic mass is 9.86. The van der Waals surface area contributed by atoms with Crippen LogP contribution in [0.5, 0.6) is 0 Å². The Balaban J connectivity index is 1.88. The largest absolute Gasteiger partial charge is 0.478 e. The summed E-state index contributed by atoms with van der Waals surface area (Å²) in [5.41, 5.74) is 9.91. The van der Waals surface area contributed by atoms with E-state index in [1.54, 1.807) is 24.3 Å². The van der Waals surface area contributed by atoms with E-state index in [0.29, 0.717) is 6.04 Å². The number of hydrogen-bond acceptors (Lipinski definition) is 4. The maximum Gasteiger partial charge on any atom is 0.335 e. The zero-order chi connectivity index (χ0) is 21.3. The summed E-state index contributed by atoms with van der Waals surface area (Å²) in [6, 6.07) is 11.4. The van der Waals surface area contributed by atoms with E-state index in [0.717, 1.165) is 16.8 Å². The van der Waals surface area contributed by atoms with Crippen molar-refractivity contribution in [3.63, 3.8) is 0 Å². The molecule has 0 radical (unpaired) electrons. The first kappa shape index (κ1) is 20.6. The predicted molar refractivity (Wildman–Crippen MR) is 121 cm³/mol. The van der Waals surface area contributed by atoms with Crippen molar-refractivity contribution in [3.05, 3.63) is 64.7 Å². The number of allylic oxidation sites excluding steroid dienone is 1. The summed E-state index contributed by atoms with van der Waals surface area (Å²) in [7, 11) is 0. The van der Waals surface area contributed by atoms with E-state index in [1.807, 2.05) is 6.21 Å². The minimum atomic E-state index is -0.938. The van der Waals surface area contributed by atoms with Crippen LogP contribution in [0, 0.1) is 6.92 Å². The van der Waals surface area contributed by atoms with Gasteiger partial charge in [0.05, 0.1) is 23.0 Å². The molecule has 29 heavy (non-hydrogen) atoms. The minimum absolute atomic E-state index is 0.0308. The molecule has 2 N–H and O–H groups in total. The summed E-state index contributed by atoms with van der Waals surface area (Å²) in [6.07, 6.45) is 4.14. The van der Waals surface area contributed by atoms with Crippen molar-refractivity contribution in [3.8, 4) is 0 Å². The van der Waals surface area contributed by atoms with Gasteiger partial charge >= 0.3 is 5.97 Å². The van der Waals surface area contributed by atoms with Gasteiger partial charge in [-0.3, -0.25) is 5.43 Å². The average Bonchev–Trinajstić information content (AvgIpc) is 2.62. The number of hydrogen-bond donors (Lipinski definition) is 2. The van der Waals surface area contributed by atoms with Crippen molar-refractivity contribution >= 4 is 29.1 Å². The molecule has 2 aromatic carbocycles. The van der Waals surface area contributed by atoms with Gasteiger partial charge < -0.3 is 10.0 Å². The number of aromatic carboxylic acids is 1. The molecule has 152 valence electrons. The number of carbonyl (C=O) groups is 1. The number of fused-ring (bicyclic) bond motifs is 1. The molecule has 0 saturated heterocycles. The lowest BCUT2D eigenvalue weighted by Crippen LogP contribution is -2.49. The van der Waals surface area contributed by atoms with Crippen molar-refractivity contribution in [2.45, 2.75) is 53.1 Å². The SMILES string of the molecule is CC1=CC(C)(C)N(C(C)C)c2cc(C)c(/C=N/Nc3ccc(C(=O)O)cc3)cc21. The molecule has 5 nitrogen and oxygen atoms in total. The highest BCUT2D eigenvalue weighted by molar-refractivity contribution is 5.90. The van der Waals surface area contributed by atoms with Crippen LogP contribution in [-0.4, -0.2) is 28.9 Å². The number of carboxylic acid groups (broad SMARTS) is 1. The van der Waals surface area contributed by atoms with Crippen LogP contribution in [0.1, 0.15) is 61.7 Å².